The van der Waals surface area contributed by atoms with Crippen LogP contribution in [0.25, 0.3) is 22.2 Å². The van der Waals surface area contributed by atoms with E-state index in [1.54, 1.807) is 6.26 Å². The summed E-state index contributed by atoms with van der Waals surface area (Å²) >= 11 is 3.45. The van der Waals surface area contributed by atoms with Crippen molar-refractivity contribution in [1.82, 2.24) is 9.78 Å². The van der Waals surface area contributed by atoms with E-state index in [1.807, 2.05) is 42.1 Å². The van der Waals surface area contributed by atoms with Gasteiger partial charge in [-0.05, 0) is 40.2 Å². The second-order valence-electron chi connectivity index (χ2n) is 3.59. The molecular formula is C12H9BrN2O. The van der Waals surface area contributed by atoms with E-state index in [0.717, 1.165) is 26.8 Å². The summed E-state index contributed by atoms with van der Waals surface area (Å²) in [5.74, 6) is 0.862. The van der Waals surface area contributed by atoms with Crippen LogP contribution < -0.4 is 0 Å². The summed E-state index contributed by atoms with van der Waals surface area (Å²) in [6, 6.07) is 9.93. The van der Waals surface area contributed by atoms with E-state index < -0.39 is 0 Å². The lowest BCUT2D eigenvalue weighted by molar-refractivity contribution is 0.582. The molecule has 0 aliphatic rings. The quantitative estimate of drug-likeness (QED) is 0.680. The fourth-order valence-corrected chi connectivity index (χ4v) is 2.48. The maximum absolute atomic E-state index is 5.44. The SMILES string of the molecule is Cn1nc(Br)c2cccc(-c3ccco3)c21. The summed E-state index contributed by atoms with van der Waals surface area (Å²) in [7, 11) is 1.93. The minimum absolute atomic E-state index is 0.860. The Morgan fingerprint density at radius 3 is 2.88 bits per heavy atom. The third-order valence-electron chi connectivity index (χ3n) is 2.61. The van der Waals surface area contributed by atoms with Crippen LogP contribution in [0.3, 0.4) is 0 Å². The van der Waals surface area contributed by atoms with Crippen molar-refractivity contribution in [2.45, 2.75) is 0 Å². The molecule has 80 valence electrons. The molecule has 3 nitrogen and oxygen atoms in total. The van der Waals surface area contributed by atoms with Crippen molar-refractivity contribution >= 4 is 26.8 Å². The highest BCUT2D eigenvalue weighted by Gasteiger charge is 2.12. The summed E-state index contributed by atoms with van der Waals surface area (Å²) < 4.78 is 8.15. The second kappa shape index (κ2) is 3.49. The Hall–Kier alpha value is -1.55. The Labute approximate surface area is 101 Å². The number of hydrogen-bond donors (Lipinski definition) is 0. The van der Waals surface area contributed by atoms with Gasteiger partial charge in [0.1, 0.15) is 10.4 Å². The Morgan fingerprint density at radius 1 is 1.25 bits per heavy atom. The first-order chi connectivity index (χ1) is 7.77. The summed E-state index contributed by atoms with van der Waals surface area (Å²) in [6.07, 6.45) is 1.68. The van der Waals surface area contributed by atoms with Crippen molar-refractivity contribution in [2.75, 3.05) is 0 Å². The number of aromatic nitrogens is 2. The molecule has 0 atom stereocenters. The highest BCUT2D eigenvalue weighted by molar-refractivity contribution is 9.10. The van der Waals surface area contributed by atoms with Gasteiger partial charge in [-0.15, -0.1) is 0 Å². The van der Waals surface area contributed by atoms with Crippen LogP contribution in [-0.4, -0.2) is 9.78 Å². The molecule has 3 aromatic rings. The Morgan fingerprint density at radius 2 is 2.12 bits per heavy atom. The minimum atomic E-state index is 0.860. The molecule has 4 heteroatoms. The van der Waals surface area contributed by atoms with Crippen LogP contribution in [0.2, 0.25) is 0 Å². The van der Waals surface area contributed by atoms with E-state index in [4.69, 9.17) is 4.42 Å². The van der Waals surface area contributed by atoms with Crippen molar-refractivity contribution in [3.8, 4) is 11.3 Å². The van der Waals surface area contributed by atoms with Gasteiger partial charge in [0.05, 0.1) is 11.8 Å². The Balaban J connectivity index is 2.41. The molecule has 1 aromatic carbocycles. The van der Waals surface area contributed by atoms with E-state index in [0.29, 0.717) is 0 Å². The van der Waals surface area contributed by atoms with Crippen molar-refractivity contribution in [1.29, 1.82) is 0 Å². The molecule has 2 aromatic heterocycles. The van der Waals surface area contributed by atoms with E-state index in [2.05, 4.69) is 21.0 Å². The maximum atomic E-state index is 5.44. The number of furan rings is 1. The van der Waals surface area contributed by atoms with Gasteiger partial charge in [0.25, 0.3) is 0 Å². The summed E-state index contributed by atoms with van der Waals surface area (Å²) in [6.45, 7) is 0. The van der Waals surface area contributed by atoms with Crippen molar-refractivity contribution < 1.29 is 4.42 Å². The monoisotopic (exact) mass is 276 g/mol. The number of hydrogen-bond acceptors (Lipinski definition) is 2. The predicted octanol–water partition coefficient (Wildman–Crippen LogP) is 3.60. The molecule has 0 saturated heterocycles. The van der Waals surface area contributed by atoms with Gasteiger partial charge in [-0.25, -0.2) is 0 Å². The maximum Gasteiger partial charge on any atom is 0.136 e. The van der Waals surface area contributed by atoms with Gasteiger partial charge in [-0.1, -0.05) is 6.07 Å². The highest BCUT2D eigenvalue weighted by Crippen LogP contribution is 2.31. The molecule has 0 amide bonds. The van der Waals surface area contributed by atoms with E-state index in [9.17, 15) is 0 Å². The lowest BCUT2D eigenvalue weighted by Crippen LogP contribution is -1.91. The fourth-order valence-electron chi connectivity index (χ4n) is 1.92. The number of rotatable bonds is 1. The van der Waals surface area contributed by atoms with Crippen LogP contribution in [0.1, 0.15) is 0 Å². The summed E-state index contributed by atoms with van der Waals surface area (Å²) in [5, 5.41) is 5.45. The first kappa shape index (κ1) is 9.66. The van der Waals surface area contributed by atoms with Crippen LogP contribution in [-0.2, 0) is 7.05 Å². The number of halogens is 1. The van der Waals surface area contributed by atoms with Gasteiger partial charge < -0.3 is 4.42 Å². The molecule has 0 saturated carbocycles. The van der Waals surface area contributed by atoms with Crippen molar-refractivity contribution in [2.24, 2.45) is 7.05 Å². The summed E-state index contributed by atoms with van der Waals surface area (Å²) in [5.41, 5.74) is 2.13. The molecule has 0 aliphatic heterocycles. The highest BCUT2D eigenvalue weighted by atomic mass is 79.9. The molecule has 3 rings (SSSR count). The van der Waals surface area contributed by atoms with E-state index in [-0.39, 0.29) is 0 Å². The predicted molar refractivity (Wildman–Crippen MR) is 66.1 cm³/mol. The average Bonchev–Trinajstić information content (AvgIpc) is 2.88. The second-order valence-corrected chi connectivity index (χ2v) is 4.34. The van der Waals surface area contributed by atoms with Crippen LogP contribution in [0.15, 0.2) is 45.6 Å². The number of benzene rings is 1. The molecule has 16 heavy (non-hydrogen) atoms. The zero-order chi connectivity index (χ0) is 11.1. The van der Waals surface area contributed by atoms with Gasteiger partial charge in [0.2, 0.25) is 0 Å². The first-order valence-corrected chi connectivity index (χ1v) is 5.72. The van der Waals surface area contributed by atoms with E-state index >= 15 is 0 Å². The van der Waals surface area contributed by atoms with Crippen LogP contribution in [0.4, 0.5) is 0 Å². The Kier molecular flexibility index (Phi) is 2.11. The molecule has 0 unspecified atom stereocenters. The average molecular weight is 277 g/mol. The minimum Gasteiger partial charge on any atom is -0.464 e. The third-order valence-corrected chi connectivity index (χ3v) is 3.19. The molecule has 0 radical (unpaired) electrons. The van der Waals surface area contributed by atoms with Crippen LogP contribution in [0.5, 0.6) is 0 Å². The molecule has 0 fully saturated rings. The van der Waals surface area contributed by atoms with Gasteiger partial charge >= 0.3 is 0 Å². The van der Waals surface area contributed by atoms with Gasteiger partial charge in [-0.3, -0.25) is 4.68 Å². The molecule has 2 heterocycles. The van der Waals surface area contributed by atoms with Crippen LogP contribution >= 0.6 is 15.9 Å². The molecule has 0 bridgehead atoms. The van der Waals surface area contributed by atoms with E-state index in [1.165, 1.54) is 0 Å². The van der Waals surface area contributed by atoms with Gasteiger partial charge in [-0.2, -0.15) is 5.10 Å². The first-order valence-electron chi connectivity index (χ1n) is 4.92. The molecule has 0 aliphatic carbocycles. The van der Waals surface area contributed by atoms with Crippen molar-refractivity contribution in [3.05, 3.63) is 41.2 Å². The number of nitrogens with zero attached hydrogens (tertiary/aromatic N) is 2. The van der Waals surface area contributed by atoms with Gasteiger partial charge in [0.15, 0.2) is 0 Å². The topological polar surface area (TPSA) is 31.0 Å². The largest absolute Gasteiger partial charge is 0.464 e. The summed E-state index contributed by atoms with van der Waals surface area (Å²) in [4.78, 5) is 0. The Bertz CT molecular complexity index is 640. The fraction of sp³-hybridized carbons (Fsp3) is 0.0833. The third kappa shape index (κ3) is 1.30. The standard InChI is InChI=1S/C12H9BrN2O/c1-15-11-8(10-6-3-7-16-10)4-2-5-9(11)12(13)14-15/h2-7H,1H3. The smallest absolute Gasteiger partial charge is 0.136 e. The van der Waals surface area contributed by atoms with Crippen molar-refractivity contribution in [3.63, 3.8) is 0 Å². The number of para-hydroxylation sites is 1. The molecule has 0 spiro atoms. The zero-order valence-corrected chi connectivity index (χ0v) is 10.2. The zero-order valence-electron chi connectivity index (χ0n) is 8.64. The number of fused-ring (bicyclic) bond motifs is 1. The normalized spacial score (nSPS) is 11.1. The van der Waals surface area contributed by atoms with Gasteiger partial charge in [0, 0.05) is 18.0 Å². The number of aryl methyl sites for hydroxylation is 1. The lowest BCUT2D eigenvalue weighted by atomic mass is 10.1. The van der Waals surface area contributed by atoms with Crippen LogP contribution in [0, 0.1) is 0 Å². The molecular weight excluding hydrogens is 268 g/mol. The lowest BCUT2D eigenvalue weighted by Gasteiger charge is -2.01. The molecule has 0 N–H and O–H groups in total.